The van der Waals surface area contributed by atoms with E-state index in [1.165, 1.54) is 6.08 Å². The lowest BCUT2D eigenvalue weighted by molar-refractivity contribution is -0.137. The van der Waals surface area contributed by atoms with E-state index in [0.29, 0.717) is 11.5 Å². The first-order chi connectivity index (χ1) is 12.3. The highest BCUT2D eigenvalue weighted by atomic mass is 32.2. The molecule has 1 heterocycles. The van der Waals surface area contributed by atoms with Gasteiger partial charge in [0.1, 0.15) is 17.6 Å². The van der Waals surface area contributed by atoms with Gasteiger partial charge < -0.3 is 9.47 Å². The second-order valence-electron chi connectivity index (χ2n) is 5.16. The third kappa shape index (κ3) is 6.11. The Bertz CT molecular complexity index is 759. The fraction of sp³-hybridized carbons (Fsp3) is 0.222. The molecule has 0 spiro atoms. The Hall–Kier alpha value is -2.48. The summed E-state index contributed by atoms with van der Waals surface area (Å²) in [4.78, 5) is 14.8. The minimum absolute atomic E-state index is 0.0542. The number of pyridine rings is 1. The molecular formula is C18H16F3NO3S. The van der Waals surface area contributed by atoms with Crippen molar-refractivity contribution in [3.05, 3.63) is 60.3 Å². The molecule has 8 heteroatoms. The number of benzene rings is 1. The minimum Gasteiger partial charge on any atom is -0.487 e. The summed E-state index contributed by atoms with van der Waals surface area (Å²) < 4.78 is 48.5. The standard InChI is InChI=1S/C18H16F3NO3S/c1-12(3-10-17(23)26-2)24-14-5-7-15(8-6-14)25-16-9-4-13(11-22-16)18(19,20)21/h3-12H,1-2H3/b10-3+. The number of carbonyl (C=O) groups excluding carboxylic acids is 1. The first kappa shape index (κ1) is 19.8. The van der Waals surface area contributed by atoms with E-state index in [1.54, 1.807) is 43.5 Å². The lowest BCUT2D eigenvalue weighted by Gasteiger charge is -2.12. The quantitative estimate of drug-likeness (QED) is 0.649. The zero-order chi connectivity index (χ0) is 19.2. The number of carbonyl (C=O) groups is 1. The Labute approximate surface area is 153 Å². The normalized spacial score (nSPS) is 12.8. The summed E-state index contributed by atoms with van der Waals surface area (Å²) in [5.41, 5.74) is -0.837. The molecule has 2 rings (SSSR count). The van der Waals surface area contributed by atoms with Gasteiger partial charge in [0.15, 0.2) is 0 Å². The van der Waals surface area contributed by atoms with Crippen LogP contribution in [0.3, 0.4) is 0 Å². The van der Waals surface area contributed by atoms with E-state index in [9.17, 15) is 18.0 Å². The highest BCUT2D eigenvalue weighted by Gasteiger charge is 2.30. The molecular weight excluding hydrogens is 367 g/mol. The lowest BCUT2D eigenvalue weighted by Crippen LogP contribution is -2.08. The van der Waals surface area contributed by atoms with Crippen molar-refractivity contribution in [2.45, 2.75) is 19.2 Å². The van der Waals surface area contributed by atoms with Gasteiger partial charge in [-0.05, 0) is 55.7 Å². The van der Waals surface area contributed by atoms with Crippen molar-refractivity contribution in [1.29, 1.82) is 0 Å². The summed E-state index contributed by atoms with van der Waals surface area (Å²) in [6, 6.07) is 8.59. The molecule has 4 nitrogen and oxygen atoms in total. The van der Waals surface area contributed by atoms with Crippen molar-refractivity contribution in [1.82, 2.24) is 4.98 Å². The molecule has 0 aliphatic rings. The monoisotopic (exact) mass is 383 g/mol. The summed E-state index contributed by atoms with van der Waals surface area (Å²) in [5.74, 6) is 1.02. The second kappa shape index (κ2) is 8.75. The highest BCUT2D eigenvalue weighted by molar-refractivity contribution is 8.13. The van der Waals surface area contributed by atoms with Gasteiger partial charge in [-0.2, -0.15) is 13.2 Å². The molecule has 0 fully saturated rings. The van der Waals surface area contributed by atoms with Gasteiger partial charge in [0.2, 0.25) is 11.0 Å². The summed E-state index contributed by atoms with van der Waals surface area (Å²) in [7, 11) is 0. The number of rotatable bonds is 6. The maximum absolute atomic E-state index is 12.5. The van der Waals surface area contributed by atoms with Crippen molar-refractivity contribution in [3.8, 4) is 17.4 Å². The molecule has 0 amide bonds. The number of ether oxygens (including phenoxy) is 2. The molecule has 1 atom stereocenters. The van der Waals surface area contributed by atoms with Crippen LogP contribution in [0.5, 0.6) is 17.4 Å². The largest absolute Gasteiger partial charge is 0.487 e. The molecule has 0 aliphatic heterocycles. The number of nitrogens with zero attached hydrogens (tertiary/aromatic N) is 1. The predicted octanol–water partition coefficient (Wildman–Crippen LogP) is 5.11. The molecule has 0 saturated carbocycles. The van der Waals surface area contributed by atoms with E-state index in [0.717, 1.165) is 30.1 Å². The van der Waals surface area contributed by atoms with Crippen LogP contribution in [0.15, 0.2) is 54.7 Å². The van der Waals surface area contributed by atoms with E-state index < -0.39 is 11.7 Å². The van der Waals surface area contributed by atoms with Crippen LogP contribution < -0.4 is 9.47 Å². The van der Waals surface area contributed by atoms with Crippen molar-refractivity contribution in [2.24, 2.45) is 0 Å². The van der Waals surface area contributed by atoms with Gasteiger partial charge in [-0.25, -0.2) is 4.98 Å². The average molecular weight is 383 g/mol. The summed E-state index contributed by atoms with van der Waals surface area (Å²) in [5, 5.41) is -0.0618. The number of hydrogen-bond donors (Lipinski definition) is 0. The van der Waals surface area contributed by atoms with Gasteiger partial charge >= 0.3 is 6.18 Å². The third-order valence-electron chi connectivity index (χ3n) is 3.14. The fourth-order valence-corrected chi connectivity index (χ4v) is 2.07. The first-order valence-electron chi connectivity index (χ1n) is 7.52. The number of hydrogen-bond acceptors (Lipinski definition) is 5. The first-order valence-corrected chi connectivity index (χ1v) is 8.74. The summed E-state index contributed by atoms with van der Waals surface area (Å²) in [6.45, 7) is 1.79. The highest BCUT2D eigenvalue weighted by Crippen LogP contribution is 2.30. The zero-order valence-corrected chi connectivity index (χ0v) is 14.8. The molecule has 0 saturated heterocycles. The molecule has 0 N–H and O–H groups in total. The Balaban J connectivity index is 1.95. The molecule has 2 aromatic rings. The summed E-state index contributed by atoms with van der Waals surface area (Å²) >= 11 is 1.11. The maximum Gasteiger partial charge on any atom is 0.417 e. The molecule has 138 valence electrons. The van der Waals surface area contributed by atoms with Crippen LogP contribution in [0.4, 0.5) is 13.2 Å². The molecule has 0 aliphatic carbocycles. The van der Waals surface area contributed by atoms with E-state index in [2.05, 4.69) is 4.98 Å². The van der Waals surface area contributed by atoms with Gasteiger partial charge in [-0.1, -0.05) is 11.8 Å². The molecule has 1 unspecified atom stereocenters. The predicted molar refractivity (Wildman–Crippen MR) is 93.5 cm³/mol. The summed E-state index contributed by atoms with van der Waals surface area (Å²) in [6.07, 6.45) is 0.780. The maximum atomic E-state index is 12.5. The lowest BCUT2D eigenvalue weighted by atomic mass is 10.3. The van der Waals surface area contributed by atoms with Crippen molar-refractivity contribution in [3.63, 3.8) is 0 Å². The van der Waals surface area contributed by atoms with Crippen molar-refractivity contribution < 1.29 is 27.4 Å². The van der Waals surface area contributed by atoms with Crippen LogP contribution in [-0.4, -0.2) is 22.5 Å². The molecule has 0 radical (unpaired) electrons. The van der Waals surface area contributed by atoms with Crippen LogP contribution in [-0.2, 0) is 11.0 Å². The van der Waals surface area contributed by atoms with E-state index in [4.69, 9.17) is 9.47 Å². The SMILES string of the molecule is CSC(=O)/C=C/C(C)Oc1ccc(Oc2ccc(C(F)(F)F)cn2)cc1. The number of thioether (sulfide) groups is 1. The Morgan fingerprint density at radius 3 is 2.35 bits per heavy atom. The zero-order valence-electron chi connectivity index (χ0n) is 14.0. The Morgan fingerprint density at radius 2 is 1.81 bits per heavy atom. The molecule has 0 bridgehead atoms. The van der Waals surface area contributed by atoms with Crippen LogP contribution in [0.1, 0.15) is 12.5 Å². The minimum atomic E-state index is -4.43. The van der Waals surface area contributed by atoms with Gasteiger partial charge in [0.25, 0.3) is 0 Å². The van der Waals surface area contributed by atoms with E-state index in [1.807, 2.05) is 0 Å². The molecule has 1 aromatic heterocycles. The molecule has 26 heavy (non-hydrogen) atoms. The van der Waals surface area contributed by atoms with E-state index >= 15 is 0 Å². The Kier molecular flexibility index (Phi) is 6.68. The fourth-order valence-electron chi connectivity index (χ4n) is 1.85. The van der Waals surface area contributed by atoms with Crippen molar-refractivity contribution >= 4 is 16.9 Å². The number of aromatic nitrogens is 1. The van der Waals surface area contributed by atoms with E-state index in [-0.39, 0.29) is 17.1 Å². The van der Waals surface area contributed by atoms with Crippen LogP contribution >= 0.6 is 11.8 Å². The smallest absolute Gasteiger partial charge is 0.417 e. The average Bonchev–Trinajstić information content (AvgIpc) is 2.61. The second-order valence-corrected chi connectivity index (χ2v) is 5.97. The van der Waals surface area contributed by atoms with Crippen molar-refractivity contribution in [2.75, 3.05) is 6.26 Å². The third-order valence-corrected chi connectivity index (χ3v) is 3.67. The van der Waals surface area contributed by atoms with Gasteiger partial charge in [-0.3, -0.25) is 4.79 Å². The van der Waals surface area contributed by atoms with Crippen LogP contribution in [0, 0.1) is 0 Å². The molecule has 1 aromatic carbocycles. The number of halogens is 3. The van der Waals surface area contributed by atoms with Crippen LogP contribution in [0.2, 0.25) is 0 Å². The van der Waals surface area contributed by atoms with Gasteiger partial charge in [0.05, 0.1) is 5.56 Å². The Morgan fingerprint density at radius 1 is 1.15 bits per heavy atom. The van der Waals surface area contributed by atoms with Gasteiger partial charge in [-0.15, -0.1) is 0 Å². The van der Waals surface area contributed by atoms with Gasteiger partial charge in [0, 0.05) is 12.3 Å². The topological polar surface area (TPSA) is 48.4 Å². The van der Waals surface area contributed by atoms with Crippen LogP contribution in [0.25, 0.3) is 0 Å². The number of alkyl halides is 3.